The van der Waals surface area contributed by atoms with E-state index in [2.05, 4.69) is 0 Å². The van der Waals surface area contributed by atoms with Crippen LogP contribution in [0, 0.1) is 0 Å². The van der Waals surface area contributed by atoms with Crippen molar-refractivity contribution in [1.29, 1.82) is 0 Å². The maximum Gasteiger partial charge on any atom is 0.234 e. The second-order valence-corrected chi connectivity index (χ2v) is 5.19. The topological polar surface area (TPSA) is 54.4 Å². The van der Waals surface area contributed by atoms with Gasteiger partial charge >= 0.3 is 0 Å². The van der Waals surface area contributed by atoms with Crippen LogP contribution in [0.1, 0.15) is 29.3 Å². The summed E-state index contributed by atoms with van der Waals surface area (Å²) < 4.78 is 0. The molecular weight excluding hydrogens is 248 g/mol. The monoisotopic (exact) mass is 262 g/mol. The Kier molecular flexibility index (Phi) is 3.87. The van der Waals surface area contributed by atoms with Crippen molar-refractivity contribution in [2.75, 3.05) is 11.5 Å². The van der Waals surface area contributed by atoms with E-state index in [1.165, 1.54) is 0 Å². The number of hydrogen-bond acceptors (Lipinski definition) is 4. The number of rotatable bonds is 4. The van der Waals surface area contributed by atoms with E-state index in [-0.39, 0.29) is 11.3 Å². The Balaban J connectivity index is 2.39. The lowest BCUT2D eigenvalue weighted by atomic mass is 9.89. The molecule has 4 heteroatoms. The second kappa shape index (κ2) is 5.40. The number of carbonyl (C=O) groups is 2. The van der Waals surface area contributed by atoms with Gasteiger partial charge in [0.25, 0.3) is 0 Å². The van der Waals surface area contributed by atoms with Crippen molar-refractivity contribution in [3.05, 3.63) is 41.0 Å². The molecule has 1 aromatic rings. The number of ketones is 2. The van der Waals surface area contributed by atoms with Crippen molar-refractivity contribution in [2.45, 2.75) is 13.3 Å². The van der Waals surface area contributed by atoms with E-state index in [1.807, 2.05) is 6.92 Å². The summed E-state index contributed by atoms with van der Waals surface area (Å²) in [5.74, 6) is 0.155. The van der Waals surface area contributed by atoms with Gasteiger partial charge in [-0.2, -0.15) is 11.8 Å². The largest absolute Gasteiger partial charge is 0.507 e. The number of thioether (sulfide) groups is 1. The van der Waals surface area contributed by atoms with Gasteiger partial charge in [-0.05, 0) is 12.2 Å². The Bertz CT molecular complexity index is 532. The molecule has 0 bridgehead atoms. The fourth-order valence-corrected chi connectivity index (χ4v) is 2.77. The minimum Gasteiger partial charge on any atom is -0.507 e. The van der Waals surface area contributed by atoms with E-state index < -0.39 is 11.6 Å². The smallest absolute Gasteiger partial charge is 0.234 e. The van der Waals surface area contributed by atoms with Crippen molar-refractivity contribution in [3.8, 4) is 0 Å². The van der Waals surface area contributed by atoms with E-state index in [9.17, 15) is 14.7 Å². The third kappa shape index (κ3) is 2.20. The molecular formula is C14H14O3S. The second-order valence-electron chi connectivity index (χ2n) is 4.08. The summed E-state index contributed by atoms with van der Waals surface area (Å²) in [7, 11) is 0. The molecule has 0 saturated heterocycles. The van der Waals surface area contributed by atoms with Crippen LogP contribution < -0.4 is 0 Å². The third-order valence-electron chi connectivity index (χ3n) is 2.79. The van der Waals surface area contributed by atoms with Crippen LogP contribution in [0.25, 0.3) is 5.76 Å². The summed E-state index contributed by atoms with van der Waals surface area (Å²) in [6, 6.07) is 6.67. The Hall–Kier alpha value is -1.55. The fourth-order valence-electron chi connectivity index (χ4n) is 1.87. The lowest BCUT2D eigenvalue weighted by Gasteiger charge is -2.17. The number of benzene rings is 1. The van der Waals surface area contributed by atoms with Crippen LogP contribution in [0.2, 0.25) is 0 Å². The molecule has 94 valence electrons. The maximum atomic E-state index is 11.9. The third-order valence-corrected chi connectivity index (χ3v) is 3.98. The SMILES string of the molecule is CCCSCC1=C(O)c2ccccc2C(=O)C1=O. The number of aliphatic hydroxyl groups is 1. The standard InChI is InChI=1S/C14H14O3S/c1-2-7-18-8-11-12(15)9-5-3-4-6-10(9)13(16)14(11)17/h3-6,15H,2,7-8H2,1H3. The average molecular weight is 262 g/mol. The Morgan fingerprint density at radius 2 is 1.78 bits per heavy atom. The van der Waals surface area contributed by atoms with E-state index in [4.69, 9.17) is 0 Å². The molecule has 3 nitrogen and oxygen atoms in total. The molecule has 0 aliphatic heterocycles. The van der Waals surface area contributed by atoms with Crippen molar-refractivity contribution in [1.82, 2.24) is 0 Å². The number of aliphatic hydroxyl groups excluding tert-OH is 1. The van der Waals surface area contributed by atoms with Crippen molar-refractivity contribution < 1.29 is 14.7 Å². The van der Waals surface area contributed by atoms with E-state index in [1.54, 1.807) is 36.0 Å². The van der Waals surface area contributed by atoms with Crippen LogP contribution in [0.5, 0.6) is 0 Å². The first-order valence-corrected chi connectivity index (χ1v) is 7.00. The van der Waals surface area contributed by atoms with Gasteiger partial charge in [-0.25, -0.2) is 0 Å². The minimum atomic E-state index is -0.574. The lowest BCUT2D eigenvalue weighted by molar-refractivity contribution is -0.111. The highest BCUT2D eigenvalue weighted by Gasteiger charge is 2.32. The molecule has 1 aliphatic carbocycles. The van der Waals surface area contributed by atoms with Gasteiger partial charge in [0.2, 0.25) is 11.6 Å². The van der Waals surface area contributed by atoms with Gasteiger partial charge in [-0.1, -0.05) is 31.2 Å². The molecule has 1 aliphatic rings. The predicted molar refractivity (Wildman–Crippen MR) is 72.9 cm³/mol. The Morgan fingerprint density at radius 3 is 2.44 bits per heavy atom. The summed E-state index contributed by atoms with van der Waals surface area (Å²) in [6.07, 6.45) is 0.997. The molecule has 1 aromatic carbocycles. The average Bonchev–Trinajstić information content (AvgIpc) is 2.40. The van der Waals surface area contributed by atoms with Gasteiger partial charge in [0.15, 0.2) is 0 Å². The zero-order valence-corrected chi connectivity index (χ0v) is 10.9. The van der Waals surface area contributed by atoms with Crippen LogP contribution in [-0.4, -0.2) is 28.2 Å². The normalized spacial score (nSPS) is 14.9. The molecule has 0 aromatic heterocycles. The van der Waals surface area contributed by atoms with Crippen LogP contribution >= 0.6 is 11.8 Å². The zero-order chi connectivity index (χ0) is 13.1. The summed E-state index contributed by atoms with van der Waals surface area (Å²) in [5.41, 5.74) is 0.996. The van der Waals surface area contributed by atoms with Gasteiger partial charge in [-0.15, -0.1) is 0 Å². The predicted octanol–water partition coefficient (Wildman–Crippen LogP) is 2.86. The summed E-state index contributed by atoms with van der Waals surface area (Å²) in [4.78, 5) is 23.8. The highest BCUT2D eigenvalue weighted by atomic mass is 32.2. The van der Waals surface area contributed by atoms with Crippen molar-refractivity contribution >= 4 is 29.1 Å². The van der Waals surface area contributed by atoms with Gasteiger partial charge in [-0.3, -0.25) is 9.59 Å². The quantitative estimate of drug-likeness (QED) is 0.669. The summed E-state index contributed by atoms with van der Waals surface area (Å²) in [6.45, 7) is 2.05. The molecule has 0 radical (unpaired) electrons. The highest BCUT2D eigenvalue weighted by molar-refractivity contribution is 7.99. The first-order chi connectivity index (χ1) is 8.66. The Labute approximate surface area is 110 Å². The molecule has 18 heavy (non-hydrogen) atoms. The van der Waals surface area contributed by atoms with E-state index in [0.29, 0.717) is 16.9 Å². The van der Waals surface area contributed by atoms with Crippen molar-refractivity contribution in [2.24, 2.45) is 0 Å². The number of carbonyl (C=O) groups excluding carboxylic acids is 2. The molecule has 0 amide bonds. The minimum absolute atomic E-state index is 0.0428. The molecule has 0 fully saturated rings. The van der Waals surface area contributed by atoms with E-state index in [0.717, 1.165) is 12.2 Å². The van der Waals surface area contributed by atoms with Crippen LogP contribution in [0.4, 0.5) is 0 Å². The summed E-state index contributed by atoms with van der Waals surface area (Å²) >= 11 is 1.55. The summed E-state index contributed by atoms with van der Waals surface area (Å²) in [5, 5.41) is 10.1. The maximum absolute atomic E-state index is 11.9. The number of fused-ring (bicyclic) bond motifs is 1. The molecule has 0 atom stereocenters. The van der Waals surface area contributed by atoms with Gasteiger partial charge in [0.1, 0.15) is 5.76 Å². The number of Topliss-reactive ketones (excluding diaryl/α,β-unsaturated/α-hetero) is 2. The van der Waals surface area contributed by atoms with Gasteiger partial charge in [0.05, 0.1) is 5.57 Å². The lowest BCUT2D eigenvalue weighted by Crippen LogP contribution is -2.25. The van der Waals surface area contributed by atoms with Crippen molar-refractivity contribution in [3.63, 3.8) is 0 Å². The highest BCUT2D eigenvalue weighted by Crippen LogP contribution is 2.29. The van der Waals surface area contributed by atoms with Gasteiger partial charge in [0, 0.05) is 16.9 Å². The van der Waals surface area contributed by atoms with Crippen LogP contribution in [-0.2, 0) is 4.79 Å². The molecule has 0 spiro atoms. The fraction of sp³-hybridized carbons (Fsp3) is 0.286. The number of hydrogen-bond donors (Lipinski definition) is 1. The molecule has 0 unspecified atom stereocenters. The van der Waals surface area contributed by atoms with E-state index >= 15 is 0 Å². The molecule has 1 N–H and O–H groups in total. The zero-order valence-electron chi connectivity index (χ0n) is 10.1. The first kappa shape index (κ1) is 12.9. The molecule has 2 rings (SSSR count). The van der Waals surface area contributed by atoms with Crippen LogP contribution in [0.3, 0.4) is 0 Å². The molecule has 0 heterocycles. The first-order valence-electron chi connectivity index (χ1n) is 5.85. The Morgan fingerprint density at radius 1 is 1.11 bits per heavy atom. The van der Waals surface area contributed by atoms with Crippen LogP contribution in [0.15, 0.2) is 29.8 Å². The molecule has 0 saturated carbocycles. The van der Waals surface area contributed by atoms with Gasteiger partial charge < -0.3 is 5.11 Å².